The first kappa shape index (κ1) is 16.4. The lowest BCUT2D eigenvalue weighted by molar-refractivity contribution is 0.405. The second kappa shape index (κ2) is 6.84. The lowest BCUT2D eigenvalue weighted by Gasteiger charge is -2.33. The van der Waals surface area contributed by atoms with Crippen molar-refractivity contribution in [2.45, 2.75) is 29.2 Å². The van der Waals surface area contributed by atoms with Gasteiger partial charge in [-0.3, -0.25) is 0 Å². The van der Waals surface area contributed by atoms with Gasteiger partial charge in [-0.05, 0) is 18.2 Å². The molecular weight excluding hydrogens is 304 g/mol. The molecule has 21 heavy (non-hydrogen) atoms. The molecule has 1 aromatic rings. The van der Waals surface area contributed by atoms with Gasteiger partial charge in [0.2, 0.25) is 10.0 Å². The fourth-order valence-corrected chi connectivity index (χ4v) is 5.54. The van der Waals surface area contributed by atoms with Gasteiger partial charge in [-0.2, -0.15) is 16.1 Å². The minimum Gasteiger partial charge on any atom is -0.320 e. The Bertz CT molecular complexity index is 652. The molecule has 0 spiro atoms. The number of rotatable bonds is 2. The average molecular weight is 324 g/mol. The smallest absolute Gasteiger partial charge is 0.243 e. The topological polar surface area (TPSA) is 63.4 Å². The molecule has 0 aliphatic carbocycles. The maximum absolute atomic E-state index is 12.7. The second-order valence-electron chi connectivity index (χ2n) is 5.11. The van der Waals surface area contributed by atoms with Gasteiger partial charge in [0.1, 0.15) is 0 Å². The highest BCUT2D eigenvalue weighted by molar-refractivity contribution is 8.00. The van der Waals surface area contributed by atoms with Gasteiger partial charge in [-0.1, -0.05) is 31.8 Å². The summed E-state index contributed by atoms with van der Waals surface area (Å²) >= 11 is 1.83. The van der Waals surface area contributed by atoms with Gasteiger partial charge >= 0.3 is 0 Å². The molecule has 2 N–H and O–H groups in total. The molecule has 6 heteroatoms. The summed E-state index contributed by atoms with van der Waals surface area (Å²) in [7, 11) is -3.45. The molecule has 1 saturated heterocycles. The zero-order valence-corrected chi connectivity index (χ0v) is 13.9. The Labute approximate surface area is 131 Å². The summed E-state index contributed by atoms with van der Waals surface area (Å²) in [5.41, 5.74) is 6.02. The van der Waals surface area contributed by atoms with Crippen molar-refractivity contribution >= 4 is 21.8 Å². The lowest BCUT2D eigenvalue weighted by atomic mass is 10.2. The Morgan fingerprint density at radius 1 is 1.33 bits per heavy atom. The van der Waals surface area contributed by atoms with E-state index in [0.717, 1.165) is 0 Å². The third-order valence-electron chi connectivity index (χ3n) is 3.19. The molecule has 0 amide bonds. The average Bonchev–Trinajstić information content (AvgIpc) is 2.44. The summed E-state index contributed by atoms with van der Waals surface area (Å²) in [5, 5.41) is 0.618. The summed E-state index contributed by atoms with van der Waals surface area (Å²) in [6, 6.07) is 6.76. The van der Waals surface area contributed by atoms with E-state index in [4.69, 9.17) is 5.73 Å². The molecule has 1 aromatic carbocycles. The molecule has 0 aromatic heterocycles. The van der Waals surface area contributed by atoms with Gasteiger partial charge in [-0.15, -0.1) is 0 Å². The van der Waals surface area contributed by atoms with Crippen LogP contribution in [0.1, 0.15) is 19.4 Å². The van der Waals surface area contributed by atoms with E-state index in [-0.39, 0.29) is 6.54 Å². The monoisotopic (exact) mass is 324 g/mol. The van der Waals surface area contributed by atoms with Crippen LogP contribution in [-0.4, -0.2) is 42.9 Å². The predicted molar refractivity (Wildman–Crippen MR) is 87.6 cm³/mol. The summed E-state index contributed by atoms with van der Waals surface area (Å²) in [6.45, 7) is 5.49. The minimum atomic E-state index is -3.45. The minimum absolute atomic E-state index is 0.259. The molecule has 2 unspecified atom stereocenters. The van der Waals surface area contributed by atoms with E-state index in [1.54, 1.807) is 28.6 Å². The molecule has 114 valence electrons. The molecule has 1 fully saturated rings. The first-order valence-corrected chi connectivity index (χ1v) is 9.26. The van der Waals surface area contributed by atoms with Crippen molar-refractivity contribution in [2.24, 2.45) is 5.73 Å². The SMILES string of the molecule is CC1CN(S(=O)(=O)c2cccc(C#CCN)c2)CC(C)S1. The van der Waals surface area contributed by atoms with Crippen LogP contribution in [0.4, 0.5) is 0 Å². The summed E-state index contributed by atoms with van der Waals surface area (Å²) in [4.78, 5) is 0.303. The largest absolute Gasteiger partial charge is 0.320 e. The van der Waals surface area contributed by atoms with Crippen molar-refractivity contribution < 1.29 is 8.42 Å². The van der Waals surface area contributed by atoms with Crippen LogP contribution in [0.15, 0.2) is 29.2 Å². The molecule has 2 rings (SSSR count). The van der Waals surface area contributed by atoms with E-state index < -0.39 is 10.0 Å². The Morgan fingerprint density at radius 3 is 2.62 bits per heavy atom. The maximum atomic E-state index is 12.7. The molecular formula is C15H20N2O2S2. The van der Waals surface area contributed by atoms with Crippen LogP contribution >= 0.6 is 11.8 Å². The zero-order valence-electron chi connectivity index (χ0n) is 12.2. The van der Waals surface area contributed by atoms with Gasteiger partial charge in [0, 0.05) is 29.2 Å². The number of thioether (sulfide) groups is 1. The molecule has 0 bridgehead atoms. The van der Waals surface area contributed by atoms with E-state index in [1.807, 2.05) is 11.8 Å². The molecule has 1 aliphatic heterocycles. The summed E-state index contributed by atoms with van der Waals surface area (Å²) in [6.07, 6.45) is 0. The van der Waals surface area contributed by atoms with Crippen LogP contribution in [0.2, 0.25) is 0 Å². The number of nitrogens with zero attached hydrogens (tertiary/aromatic N) is 1. The molecule has 4 nitrogen and oxygen atoms in total. The van der Waals surface area contributed by atoms with Crippen molar-refractivity contribution in [3.05, 3.63) is 29.8 Å². The van der Waals surface area contributed by atoms with E-state index in [2.05, 4.69) is 25.7 Å². The van der Waals surface area contributed by atoms with Gasteiger partial charge < -0.3 is 5.73 Å². The van der Waals surface area contributed by atoms with Crippen LogP contribution in [-0.2, 0) is 10.0 Å². The number of hydrogen-bond acceptors (Lipinski definition) is 4. The molecule has 0 saturated carbocycles. The molecule has 0 radical (unpaired) electrons. The van der Waals surface area contributed by atoms with Crippen LogP contribution in [0.3, 0.4) is 0 Å². The highest BCUT2D eigenvalue weighted by Gasteiger charge is 2.31. The first-order chi connectivity index (χ1) is 9.93. The Hall–Kier alpha value is -1.00. The van der Waals surface area contributed by atoms with E-state index in [9.17, 15) is 8.42 Å². The van der Waals surface area contributed by atoms with Crippen LogP contribution < -0.4 is 5.73 Å². The highest BCUT2D eigenvalue weighted by atomic mass is 32.2. The van der Waals surface area contributed by atoms with Crippen LogP contribution in [0, 0.1) is 11.8 Å². The summed E-state index contributed by atoms with van der Waals surface area (Å²) in [5.74, 6) is 5.62. The van der Waals surface area contributed by atoms with Crippen LogP contribution in [0.25, 0.3) is 0 Å². The van der Waals surface area contributed by atoms with Gasteiger partial charge in [0.05, 0.1) is 11.4 Å². The van der Waals surface area contributed by atoms with Crippen molar-refractivity contribution in [1.29, 1.82) is 0 Å². The quantitative estimate of drug-likeness (QED) is 0.838. The second-order valence-corrected chi connectivity index (χ2v) is 8.93. The van der Waals surface area contributed by atoms with E-state index in [0.29, 0.717) is 34.0 Å². The van der Waals surface area contributed by atoms with Gasteiger partial charge in [-0.25, -0.2) is 8.42 Å². The van der Waals surface area contributed by atoms with Gasteiger partial charge in [0.15, 0.2) is 0 Å². The first-order valence-electron chi connectivity index (χ1n) is 6.88. The van der Waals surface area contributed by atoms with Crippen molar-refractivity contribution in [3.8, 4) is 11.8 Å². The van der Waals surface area contributed by atoms with Crippen molar-refractivity contribution in [2.75, 3.05) is 19.6 Å². The fraction of sp³-hybridized carbons (Fsp3) is 0.467. The number of sulfonamides is 1. The predicted octanol–water partition coefficient (Wildman–Crippen LogP) is 1.51. The standard InChI is InChI=1S/C15H20N2O2S2/c1-12-10-17(11-13(2)20-12)21(18,19)15-7-3-5-14(9-15)6-4-8-16/h3,5,7,9,12-13H,8,10-11,16H2,1-2H3. The summed E-state index contributed by atoms with van der Waals surface area (Å²) < 4.78 is 27.1. The Morgan fingerprint density at radius 2 is 2.00 bits per heavy atom. The van der Waals surface area contributed by atoms with E-state index in [1.165, 1.54) is 0 Å². The van der Waals surface area contributed by atoms with Crippen molar-refractivity contribution in [1.82, 2.24) is 4.31 Å². The lowest BCUT2D eigenvalue weighted by Crippen LogP contribution is -2.43. The zero-order chi connectivity index (χ0) is 15.5. The highest BCUT2D eigenvalue weighted by Crippen LogP contribution is 2.28. The molecule has 1 aliphatic rings. The molecule has 2 atom stereocenters. The number of benzene rings is 1. The maximum Gasteiger partial charge on any atom is 0.243 e. The third-order valence-corrected chi connectivity index (χ3v) is 6.25. The molecule has 1 heterocycles. The van der Waals surface area contributed by atoms with Crippen LogP contribution in [0.5, 0.6) is 0 Å². The van der Waals surface area contributed by atoms with E-state index >= 15 is 0 Å². The number of hydrogen-bond donors (Lipinski definition) is 1. The fourth-order valence-electron chi connectivity index (χ4n) is 2.36. The Balaban J connectivity index is 2.31. The Kier molecular flexibility index (Phi) is 5.33. The normalized spacial score (nSPS) is 23.4. The number of nitrogens with two attached hydrogens (primary N) is 1. The third kappa shape index (κ3) is 4.01. The van der Waals surface area contributed by atoms with Gasteiger partial charge in [0.25, 0.3) is 0 Å². The van der Waals surface area contributed by atoms with Crippen molar-refractivity contribution in [3.63, 3.8) is 0 Å².